The van der Waals surface area contributed by atoms with Crippen molar-refractivity contribution in [3.63, 3.8) is 0 Å². The maximum absolute atomic E-state index is 7.50. The van der Waals surface area contributed by atoms with Crippen molar-refractivity contribution in [3.8, 4) is 0 Å². The molecule has 0 spiro atoms. The lowest BCUT2D eigenvalue weighted by Gasteiger charge is -2.49. The summed E-state index contributed by atoms with van der Waals surface area (Å²) in [6, 6.07) is 0. The highest BCUT2D eigenvalue weighted by Crippen LogP contribution is 2.60. The molecule has 0 aliphatic heterocycles. The Bertz CT molecular complexity index is 1830. The van der Waals surface area contributed by atoms with Crippen LogP contribution in [0.2, 0.25) is 90.7 Å². The highest BCUT2D eigenvalue weighted by Gasteiger charge is 2.53. The van der Waals surface area contributed by atoms with Gasteiger partial charge in [0.15, 0.2) is 41.6 Å². The smallest absolute Gasteiger partial charge is 0.193 e. The van der Waals surface area contributed by atoms with Crippen LogP contribution in [0.3, 0.4) is 0 Å². The van der Waals surface area contributed by atoms with E-state index in [1.807, 2.05) is 0 Å². The van der Waals surface area contributed by atoms with E-state index in [2.05, 4.69) is 209 Å². The molecule has 0 N–H and O–H groups in total. The molecule has 3 aliphatic rings. The predicted octanol–water partition coefficient (Wildman–Crippen LogP) is 19.2. The molecule has 3 saturated carbocycles. The van der Waals surface area contributed by atoms with Gasteiger partial charge in [0.1, 0.15) is 6.10 Å². The van der Waals surface area contributed by atoms with Crippen LogP contribution in [0.25, 0.3) is 0 Å². The molecule has 3 fully saturated rings. The third-order valence-corrected chi connectivity index (χ3v) is 43.3. The Hall–Kier alpha value is 0.0644. The summed E-state index contributed by atoms with van der Waals surface area (Å²) in [5.74, 6) is 1.88. The van der Waals surface area contributed by atoms with Crippen LogP contribution in [0.5, 0.6) is 0 Å². The second-order valence-electron chi connectivity index (χ2n) is 31.7. The van der Waals surface area contributed by atoms with Crippen LogP contribution < -0.4 is 0 Å². The number of hydrogen-bond acceptors (Lipinski definition) is 6. The summed E-state index contributed by atoms with van der Waals surface area (Å²) in [7, 11) is -10.4. The number of rotatable bonds is 20. The van der Waals surface area contributed by atoms with Gasteiger partial charge in [-0.3, -0.25) is 0 Å². The standard InChI is InChI=1S/C60H120O6Si5/c1-44(34-39-51(64-69(25,26)56(9,10)11)59(18,19)66-71(29,30)58(15,16)17)48-37-38-49-46(33-31-40-60(48,49)20)35-36-47-43-50(63-68(23,24)55(6,7)8)53(52(45(47)2)65-70(27,28)57(12,13)14)61-41-32-42-62-67(21,22)54(3,4)5/h35-36,44,48-53H,2,31-34,37-43H2,1,3-30H3/b46-35+,47-36-/t44-,48-,49+,50-,51+,52-,53-,60-/m1/s1. The third-order valence-electron chi connectivity index (χ3n) is 20.6. The average Bonchev–Trinajstić information content (AvgIpc) is 3.52. The topological polar surface area (TPSA) is 55.4 Å². The Balaban J connectivity index is 2.01. The molecule has 0 aromatic heterocycles. The van der Waals surface area contributed by atoms with Crippen molar-refractivity contribution >= 4 is 41.6 Å². The van der Waals surface area contributed by atoms with Crippen LogP contribution in [-0.4, -0.2) is 84.8 Å². The normalized spacial score (nSPS) is 27.4. The first-order valence-electron chi connectivity index (χ1n) is 28.6. The number of allylic oxidation sites excluding steroid dienone is 3. The molecule has 6 nitrogen and oxygen atoms in total. The summed E-state index contributed by atoms with van der Waals surface area (Å²) in [6.07, 6.45) is 14.6. The van der Waals surface area contributed by atoms with Gasteiger partial charge < -0.3 is 26.9 Å². The monoisotopic (exact) mass is 1080 g/mol. The van der Waals surface area contributed by atoms with Crippen molar-refractivity contribution in [1.82, 2.24) is 0 Å². The number of hydrogen-bond donors (Lipinski definition) is 0. The van der Waals surface area contributed by atoms with Crippen molar-refractivity contribution < 1.29 is 26.9 Å². The molecule has 416 valence electrons. The Morgan fingerprint density at radius 3 is 1.65 bits per heavy atom. The zero-order valence-electron chi connectivity index (χ0n) is 52.6. The lowest BCUT2D eigenvalue weighted by Crippen LogP contribution is -2.57. The number of fused-ring (bicyclic) bond motifs is 1. The van der Waals surface area contributed by atoms with Gasteiger partial charge in [0, 0.05) is 19.6 Å². The van der Waals surface area contributed by atoms with Crippen molar-refractivity contribution in [1.29, 1.82) is 0 Å². The lowest BCUT2D eigenvalue weighted by molar-refractivity contribution is -0.0879. The van der Waals surface area contributed by atoms with Crippen molar-refractivity contribution in [2.24, 2.45) is 23.2 Å². The molecular formula is C60H120O6Si5. The Morgan fingerprint density at radius 2 is 1.14 bits per heavy atom. The minimum Gasteiger partial charge on any atom is -0.417 e. The molecule has 0 saturated heterocycles. The van der Waals surface area contributed by atoms with Gasteiger partial charge in [-0.1, -0.05) is 142 Å². The van der Waals surface area contributed by atoms with Gasteiger partial charge in [-0.05, 0) is 190 Å². The summed E-state index contributed by atoms with van der Waals surface area (Å²) in [4.78, 5) is 0. The van der Waals surface area contributed by atoms with Crippen molar-refractivity contribution in [3.05, 3.63) is 35.5 Å². The van der Waals surface area contributed by atoms with Gasteiger partial charge >= 0.3 is 0 Å². The zero-order chi connectivity index (χ0) is 55.2. The minimum atomic E-state index is -2.25. The summed E-state index contributed by atoms with van der Waals surface area (Å²) in [5, 5.41) is 0.531. The maximum Gasteiger partial charge on any atom is 0.193 e. The van der Waals surface area contributed by atoms with E-state index in [0.717, 1.165) is 31.3 Å². The van der Waals surface area contributed by atoms with E-state index in [1.165, 1.54) is 37.7 Å². The van der Waals surface area contributed by atoms with E-state index in [1.54, 1.807) is 5.57 Å². The van der Waals surface area contributed by atoms with Gasteiger partial charge in [0.25, 0.3) is 0 Å². The maximum atomic E-state index is 7.50. The highest BCUT2D eigenvalue weighted by atomic mass is 28.4. The van der Waals surface area contributed by atoms with E-state index in [-0.39, 0.29) is 60.6 Å². The van der Waals surface area contributed by atoms with Gasteiger partial charge in [0.05, 0.1) is 23.9 Å². The summed E-state index contributed by atoms with van der Waals surface area (Å²) in [5.41, 5.74) is 3.91. The molecule has 0 heterocycles. The average molecular weight is 1080 g/mol. The predicted molar refractivity (Wildman–Crippen MR) is 323 cm³/mol. The third kappa shape index (κ3) is 15.9. The van der Waals surface area contributed by atoms with Gasteiger partial charge in [-0.2, -0.15) is 0 Å². The van der Waals surface area contributed by atoms with E-state index in [9.17, 15) is 0 Å². The lowest BCUT2D eigenvalue weighted by atomic mass is 9.60. The Labute approximate surface area is 447 Å². The fourth-order valence-corrected chi connectivity index (χ4v) is 17.4. The first-order valence-corrected chi connectivity index (χ1v) is 43.2. The summed E-state index contributed by atoms with van der Waals surface area (Å²) in [6.45, 7) is 75.2. The zero-order valence-corrected chi connectivity index (χ0v) is 57.6. The van der Waals surface area contributed by atoms with Crippen LogP contribution in [0.15, 0.2) is 35.5 Å². The SMILES string of the molecule is C=C1/C(=C\C=C2/CCC[C@]3(C)[C@@H]([C@H](C)CC[C@H](O[Si](C)(C)C(C)(C)C)C(C)(C)O[Si](C)(C)C(C)(C)C)CC[C@@H]23)C[C@@H](O[Si](C)(C)C(C)(C)C)[C@@H](OCCCO[Si](C)(C)C(C)(C)C)[C@@H]1O[Si](C)(C)C(C)(C)C. The molecule has 3 rings (SSSR count). The molecule has 0 amide bonds. The van der Waals surface area contributed by atoms with E-state index in [4.69, 9.17) is 33.4 Å². The first-order chi connectivity index (χ1) is 31.6. The van der Waals surface area contributed by atoms with Gasteiger partial charge in [-0.15, -0.1) is 0 Å². The Morgan fingerprint density at radius 1 is 0.634 bits per heavy atom. The fourth-order valence-electron chi connectivity index (χ4n) is 10.5. The van der Waals surface area contributed by atoms with Crippen molar-refractivity contribution in [2.45, 2.75) is 310 Å². The molecule has 8 atom stereocenters. The molecular weight excluding hydrogens is 957 g/mol. The molecule has 0 radical (unpaired) electrons. The fraction of sp³-hybridized carbons (Fsp3) is 0.900. The molecule has 0 aromatic rings. The van der Waals surface area contributed by atoms with E-state index >= 15 is 0 Å². The number of ether oxygens (including phenoxy) is 1. The highest BCUT2D eigenvalue weighted by molar-refractivity contribution is 6.76. The first kappa shape index (κ1) is 65.3. The molecule has 0 aromatic carbocycles. The molecule has 3 aliphatic carbocycles. The van der Waals surface area contributed by atoms with Crippen LogP contribution in [0.4, 0.5) is 0 Å². The van der Waals surface area contributed by atoms with Crippen LogP contribution in [-0.2, 0) is 26.9 Å². The quantitative estimate of drug-likeness (QED) is 0.0895. The molecule has 0 unspecified atom stereocenters. The van der Waals surface area contributed by atoms with E-state index in [0.29, 0.717) is 31.0 Å². The molecule has 71 heavy (non-hydrogen) atoms. The van der Waals surface area contributed by atoms with Crippen LogP contribution >= 0.6 is 0 Å². The van der Waals surface area contributed by atoms with Gasteiger partial charge in [-0.25, -0.2) is 0 Å². The second kappa shape index (κ2) is 22.8. The second-order valence-corrected chi connectivity index (χ2v) is 55.5. The largest absolute Gasteiger partial charge is 0.417 e. The molecule has 11 heteroatoms. The van der Waals surface area contributed by atoms with Gasteiger partial charge in [0.2, 0.25) is 0 Å². The summed E-state index contributed by atoms with van der Waals surface area (Å²) < 4.78 is 43.4. The Kier molecular flexibility index (Phi) is 21.0. The van der Waals surface area contributed by atoms with Crippen LogP contribution in [0, 0.1) is 23.2 Å². The molecule has 0 bridgehead atoms. The minimum absolute atomic E-state index is 0.0318. The summed E-state index contributed by atoms with van der Waals surface area (Å²) >= 11 is 0. The van der Waals surface area contributed by atoms with Crippen molar-refractivity contribution in [2.75, 3.05) is 13.2 Å². The van der Waals surface area contributed by atoms with E-state index < -0.39 is 41.6 Å². The van der Waals surface area contributed by atoms with Crippen LogP contribution in [0.1, 0.15) is 189 Å².